The van der Waals surface area contributed by atoms with Crippen LogP contribution in [0.5, 0.6) is 11.5 Å². The normalized spacial score (nSPS) is 10.6. The van der Waals surface area contributed by atoms with Crippen LogP contribution in [0.4, 0.5) is 4.39 Å². The number of ether oxygens (including phenoxy) is 2. The minimum Gasteiger partial charge on any atom is -0.545 e. The molecular formula is C26H25FNNaO4S. The molecule has 172 valence electrons. The van der Waals surface area contributed by atoms with Gasteiger partial charge in [-0.25, -0.2) is 9.37 Å². The average molecular weight is 490 g/mol. The number of aromatic nitrogens is 1. The smallest absolute Gasteiger partial charge is 0.545 e. The van der Waals surface area contributed by atoms with Gasteiger partial charge in [-0.3, -0.25) is 0 Å². The number of halogens is 1. The van der Waals surface area contributed by atoms with Crippen LogP contribution in [-0.4, -0.2) is 24.7 Å². The molecule has 0 spiro atoms. The summed E-state index contributed by atoms with van der Waals surface area (Å²) in [5, 5.41) is 10.9. The Labute approximate surface area is 225 Å². The largest absolute Gasteiger partial charge is 1.00 e. The molecule has 0 atom stereocenters. The fraction of sp³-hybridized carbons (Fsp3) is 0.231. The van der Waals surface area contributed by atoms with Gasteiger partial charge in [-0.05, 0) is 85.5 Å². The van der Waals surface area contributed by atoms with Crippen molar-refractivity contribution in [3.8, 4) is 11.5 Å². The number of aliphatic carboxylic acids is 1. The van der Waals surface area contributed by atoms with Crippen LogP contribution >= 0.6 is 11.8 Å². The van der Waals surface area contributed by atoms with Crippen molar-refractivity contribution >= 4 is 23.8 Å². The third-order valence-electron chi connectivity index (χ3n) is 4.80. The van der Waals surface area contributed by atoms with Crippen molar-refractivity contribution in [1.82, 2.24) is 4.98 Å². The first-order valence-corrected chi connectivity index (χ1v) is 11.5. The van der Waals surface area contributed by atoms with Gasteiger partial charge in [0.15, 0.2) is 0 Å². The molecule has 0 N–H and O–H groups in total. The first-order chi connectivity index (χ1) is 16.0. The van der Waals surface area contributed by atoms with Crippen molar-refractivity contribution in [3.63, 3.8) is 0 Å². The number of benzene rings is 2. The molecule has 2 aromatic carbocycles. The molecule has 0 radical (unpaired) electrons. The molecule has 0 saturated heterocycles. The summed E-state index contributed by atoms with van der Waals surface area (Å²) < 4.78 is 24.1. The SMILES string of the molecule is COc1ccc(CCCCOc2ccc(CSc3ccc(F)cc3)nc2/C=C/C(=O)[O-])cc1.[Na+]. The summed E-state index contributed by atoms with van der Waals surface area (Å²) in [6, 6.07) is 17.9. The average Bonchev–Trinajstić information content (AvgIpc) is 2.83. The Kier molecular flexibility index (Phi) is 12.2. The van der Waals surface area contributed by atoms with Crippen molar-refractivity contribution in [2.45, 2.75) is 29.9 Å². The zero-order valence-corrected chi connectivity index (χ0v) is 22.1. The van der Waals surface area contributed by atoms with E-state index in [4.69, 9.17) is 9.47 Å². The van der Waals surface area contributed by atoms with E-state index in [0.717, 1.165) is 41.7 Å². The van der Waals surface area contributed by atoms with E-state index in [-0.39, 0.29) is 35.4 Å². The van der Waals surface area contributed by atoms with Crippen molar-refractivity contribution in [2.24, 2.45) is 0 Å². The number of thioether (sulfide) groups is 1. The number of nitrogens with zero attached hydrogens (tertiary/aromatic N) is 1. The second kappa shape index (κ2) is 14.8. The molecule has 5 nitrogen and oxygen atoms in total. The van der Waals surface area contributed by atoms with Crippen molar-refractivity contribution < 1.29 is 53.3 Å². The Balaban J connectivity index is 0.00000408. The summed E-state index contributed by atoms with van der Waals surface area (Å²) in [6.45, 7) is 0.494. The summed E-state index contributed by atoms with van der Waals surface area (Å²) in [6.07, 6.45) is 5.06. The van der Waals surface area contributed by atoms with E-state index in [2.05, 4.69) is 17.1 Å². The summed E-state index contributed by atoms with van der Waals surface area (Å²) in [5.41, 5.74) is 2.43. The maximum Gasteiger partial charge on any atom is 1.00 e. The number of carbonyl (C=O) groups excluding carboxylic acids is 1. The Morgan fingerprint density at radius 1 is 1.06 bits per heavy atom. The fourth-order valence-corrected chi connectivity index (χ4v) is 3.87. The molecule has 0 aliphatic rings. The molecule has 0 bridgehead atoms. The van der Waals surface area contributed by atoms with E-state index in [1.54, 1.807) is 25.3 Å². The van der Waals surface area contributed by atoms with Crippen LogP contribution in [0, 0.1) is 5.82 Å². The van der Waals surface area contributed by atoms with Crippen LogP contribution in [0.1, 0.15) is 29.8 Å². The molecule has 0 fully saturated rings. The van der Waals surface area contributed by atoms with E-state index in [1.807, 2.05) is 18.2 Å². The first-order valence-electron chi connectivity index (χ1n) is 10.6. The van der Waals surface area contributed by atoms with E-state index >= 15 is 0 Å². The minimum atomic E-state index is -1.30. The molecule has 0 saturated carbocycles. The molecule has 3 aromatic rings. The summed E-state index contributed by atoms with van der Waals surface area (Å²) in [7, 11) is 1.65. The number of hydrogen-bond acceptors (Lipinski definition) is 6. The Bertz CT molecular complexity index is 1080. The van der Waals surface area contributed by atoms with E-state index < -0.39 is 5.97 Å². The van der Waals surface area contributed by atoms with Gasteiger partial charge in [-0.2, -0.15) is 0 Å². The van der Waals surface area contributed by atoms with E-state index in [9.17, 15) is 14.3 Å². The minimum absolute atomic E-state index is 0. The fourth-order valence-electron chi connectivity index (χ4n) is 3.07. The maximum absolute atomic E-state index is 13.1. The number of unbranched alkanes of at least 4 members (excludes halogenated alkanes) is 1. The molecular weight excluding hydrogens is 464 g/mol. The number of carboxylic acids is 1. The van der Waals surface area contributed by atoms with Crippen molar-refractivity contribution in [1.29, 1.82) is 0 Å². The van der Waals surface area contributed by atoms with Crippen LogP contribution in [0.15, 0.2) is 71.6 Å². The van der Waals surface area contributed by atoms with Gasteiger partial charge in [0.2, 0.25) is 0 Å². The summed E-state index contributed by atoms with van der Waals surface area (Å²) in [5.74, 6) is 0.338. The number of methoxy groups -OCH3 is 1. The third kappa shape index (κ3) is 9.50. The number of carboxylic acid groups (broad SMARTS) is 1. The monoisotopic (exact) mass is 489 g/mol. The Hall–Kier alpha value is -2.32. The summed E-state index contributed by atoms with van der Waals surface area (Å²) in [4.78, 5) is 16.3. The Morgan fingerprint density at radius 2 is 1.79 bits per heavy atom. The second-order valence-corrected chi connectivity index (χ2v) is 8.28. The Morgan fingerprint density at radius 3 is 2.47 bits per heavy atom. The van der Waals surface area contributed by atoms with Gasteiger partial charge in [0.05, 0.1) is 25.4 Å². The summed E-state index contributed by atoms with van der Waals surface area (Å²) >= 11 is 1.52. The molecule has 0 unspecified atom stereocenters. The van der Waals surface area contributed by atoms with Crippen LogP contribution in [0.25, 0.3) is 6.08 Å². The topological polar surface area (TPSA) is 71.5 Å². The molecule has 0 aliphatic heterocycles. The molecule has 34 heavy (non-hydrogen) atoms. The van der Waals surface area contributed by atoms with Gasteiger partial charge >= 0.3 is 29.6 Å². The van der Waals surface area contributed by atoms with Gasteiger partial charge in [-0.1, -0.05) is 12.1 Å². The zero-order valence-electron chi connectivity index (χ0n) is 19.3. The predicted molar refractivity (Wildman–Crippen MR) is 126 cm³/mol. The first kappa shape index (κ1) is 27.9. The molecule has 8 heteroatoms. The standard InChI is InChI=1S/C26H26FNO4S.Na/c1-31-22-10-5-19(6-11-22)4-2-3-17-32-25-15-9-21(28-24(25)14-16-26(29)30)18-33-23-12-7-20(27)8-13-23;/h5-16H,2-4,17-18H2,1H3,(H,29,30);/q;+1/p-1/b16-14+;. The number of aryl methyl sites for hydroxylation is 1. The molecule has 0 amide bonds. The number of pyridine rings is 1. The van der Waals surface area contributed by atoms with Crippen LogP contribution in [0.3, 0.4) is 0 Å². The molecule has 1 aromatic heterocycles. The number of carbonyl (C=O) groups is 1. The third-order valence-corrected chi connectivity index (χ3v) is 5.84. The van der Waals surface area contributed by atoms with Crippen LogP contribution < -0.4 is 44.1 Å². The van der Waals surface area contributed by atoms with Crippen molar-refractivity contribution in [2.75, 3.05) is 13.7 Å². The van der Waals surface area contributed by atoms with Crippen LogP contribution in [0.2, 0.25) is 0 Å². The van der Waals surface area contributed by atoms with Crippen LogP contribution in [-0.2, 0) is 17.0 Å². The van der Waals surface area contributed by atoms with E-state index in [1.165, 1.54) is 35.5 Å². The zero-order chi connectivity index (χ0) is 23.5. The van der Waals surface area contributed by atoms with Gasteiger partial charge < -0.3 is 19.4 Å². The van der Waals surface area contributed by atoms with E-state index in [0.29, 0.717) is 23.8 Å². The quantitative estimate of drug-likeness (QED) is 0.167. The number of hydrogen-bond donors (Lipinski definition) is 0. The van der Waals surface area contributed by atoms with Crippen molar-refractivity contribution in [3.05, 3.63) is 89.5 Å². The number of rotatable bonds is 12. The molecule has 1 heterocycles. The van der Waals surface area contributed by atoms with Gasteiger partial charge in [0.1, 0.15) is 23.0 Å². The van der Waals surface area contributed by atoms with Gasteiger partial charge in [0, 0.05) is 10.6 Å². The maximum atomic E-state index is 13.1. The second-order valence-electron chi connectivity index (χ2n) is 7.23. The predicted octanol–water partition coefficient (Wildman–Crippen LogP) is 1.69. The molecule has 0 aliphatic carbocycles. The molecule has 3 rings (SSSR count). The van der Waals surface area contributed by atoms with Gasteiger partial charge in [-0.15, -0.1) is 11.8 Å². The van der Waals surface area contributed by atoms with Gasteiger partial charge in [0.25, 0.3) is 0 Å².